The van der Waals surface area contributed by atoms with Crippen molar-refractivity contribution < 1.29 is 9.90 Å². The van der Waals surface area contributed by atoms with E-state index in [1.165, 1.54) is 6.42 Å². The zero-order valence-electron chi connectivity index (χ0n) is 16.8. The molecule has 3 aromatic rings. The predicted molar refractivity (Wildman–Crippen MR) is 117 cm³/mol. The van der Waals surface area contributed by atoms with Crippen LogP contribution in [0.25, 0.3) is 11.3 Å². The maximum absolute atomic E-state index is 13.2. The highest BCUT2D eigenvalue weighted by molar-refractivity contribution is 6.07. The first-order chi connectivity index (χ1) is 14.7. The summed E-state index contributed by atoms with van der Waals surface area (Å²) >= 11 is 0. The van der Waals surface area contributed by atoms with E-state index in [0.29, 0.717) is 24.4 Å². The number of fused-ring (bicyclic) bond motifs is 1. The number of H-pyrrole nitrogens is 1. The summed E-state index contributed by atoms with van der Waals surface area (Å²) in [6, 6.07) is 14.1. The second-order valence-corrected chi connectivity index (χ2v) is 8.29. The average Bonchev–Trinajstić information content (AvgIpc) is 3.10. The van der Waals surface area contributed by atoms with Crippen molar-refractivity contribution in [3.8, 4) is 11.3 Å². The van der Waals surface area contributed by atoms with Crippen LogP contribution in [-0.2, 0) is 6.42 Å². The summed E-state index contributed by atoms with van der Waals surface area (Å²) < 4.78 is 0. The van der Waals surface area contributed by atoms with Gasteiger partial charge in [0.1, 0.15) is 6.23 Å². The molecule has 0 spiro atoms. The van der Waals surface area contributed by atoms with E-state index in [1.54, 1.807) is 12.4 Å². The molecule has 1 fully saturated rings. The van der Waals surface area contributed by atoms with Crippen LogP contribution in [0.1, 0.15) is 41.7 Å². The van der Waals surface area contributed by atoms with Gasteiger partial charge in [0.05, 0.1) is 16.9 Å². The van der Waals surface area contributed by atoms with E-state index in [4.69, 9.17) is 0 Å². The number of aromatic amines is 1. The quantitative estimate of drug-likeness (QED) is 0.468. The molecule has 4 N–H and O–H groups in total. The Morgan fingerprint density at radius 1 is 1.07 bits per heavy atom. The van der Waals surface area contributed by atoms with E-state index < -0.39 is 6.23 Å². The van der Waals surface area contributed by atoms with Crippen molar-refractivity contribution in [3.63, 3.8) is 0 Å². The lowest BCUT2D eigenvalue weighted by Crippen LogP contribution is -2.47. The van der Waals surface area contributed by atoms with E-state index in [2.05, 4.69) is 20.6 Å². The largest absolute Gasteiger partial charge is 0.378 e. The van der Waals surface area contributed by atoms with Gasteiger partial charge < -0.3 is 15.4 Å². The number of pyridine rings is 1. The molecule has 5 rings (SSSR count). The number of rotatable bonds is 6. The number of ketones is 1. The first kappa shape index (κ1) is 19.0. The molecule has 2 heterocycles. The van der Waals surface area contributed by atoms with Crippen LogP contribution in [-0.4, -0.2) is 33.1 Å². The molecule has 1 aromatic carbocycles. The maximum atomic E-state index is 13.2. The molecule has 0 aliphatic heterocycles. The van der Waals surface area contributed by atoms with Crippen LogP contribution in [0.4, 0.5) is 11.4 Å². The molecule has 1 saturated carbocycles. The lowest BCUT2D eigenvalue weighted by atomic mass is 9.84. The van der Waals surface area contributed by atoms with E-state index in [9.17, 15) is 9.90 Å². The molecule has 2 aromatic heterocycles. The van der Waals surface area contributed by atoms with Gasteiger partial charge in [0, 0.05) is 47.7 Å². The minimum Gasteiger partial charge on any atom is -0.378 e. The monoisotopic (exact) mass is 402 g/mol. The fourth-order valence-electron chi connectivity index (χ4n) is 4.39. The fourth-order valence-corrected chi connectivity index (χ4v) is 4.39. The molecule has 154 valence electrons. The SMILES string of the molecule is O=C1CC(C(O)NC2CCC2)Cc2[nH]c(-c3ccncc3)c(Nc3ccccc3)c21. The molecule has 2 aliphatic carbocycles. The average molecular weight is 402 g/mol. The number of nitrogens with zero attached hydrogens (tertiary/aromatic N) is 1. The Morgan fingerprint density at radius 2 is 1.83 bits per heavy atom. The number of carbonyl (C=O) groups excluding carboxylic acids is 1. The molecule has 0 bridgehead atoms. The van der Waals surface area contributed by atoms with E-state index in [-0.39, 0.29) is 11.7 Å². The topological polar surface area (TPSA) is 90.0 Å². The van der Waals surface area contributed by atoms with Crippen LogP contribution in [0.5, 0.6) is 0 Å². The first-order valence-electron chi connectivity index (χ1n) is 10.6. The Morgan fingerprint density at radius 3 is 2.53 bits per heavy atom. The van der Waals surface area contributed by atoms with Gasteiger partial charge in [-0.05, 0) is 43.5 Å². The normalized spacial score (nSPS) is 19.8. The molecule has 2 atom stereocenters. The standard InChI is InChI=1S/C24H26N4O2/c29-20-14-16(24(30)27-18-7-4-8-18)13-19-21(20)23(26-17-5-2-1-3-6-17)22(28-19)15-9-11-25-12-10-15/h1-3,5-6,9-12,16,18,24,26-28,30H,4,7-8,13-14H2. The molecule has 0 saturated heterocycles. The summed E-state index contributed by atoms with van der Waals surface area (Å²) in [5, 5.41) is 17.4. The van der Waals surface area contributed by atoms with Crippen LogP contribution in [0.15, 0.2) is 54.9 Å². The highest BCUT2D eigenvalue weighted by Crippen LogP contribution is 2.40. The number of aliphatic hydroxyl groups excluding tert-OH is 1. The van der Waals surface area contributed by atoms with Crippen molar-refractivity contribution in [1.29, 1.82) is 0 Å². The van der Waals surface area contributed by atoms with Gasteiger partial charge in [-0.2, -0.15) is 0 Å². The zero-order chi connectivity index (χ0) is 20.5. The highest BCUT2D eigenvalue weighted by atomic mass is 16.3. The van der Waals surface area contributed by atoms with Crippen molar-refractivity contribution in [2.75, 3.05) is 5.32 Å². The van der Waals surface area contributed by atoms with Crippen LogP contribution in [0, 0.1) is 5.92 Å². The summed E-state index contributed by atoms with van der Waals surface area (Å²) in [7, 11) is 0. The number of carbonyl (C=O) groups is 1. The maximum Gasteiger partial charge on any atom is 0.167 e. The second-order valence-electron chi connectivity index (χ2n) is 8.29. The highest BCUT2D eigenvalue weighted by Gasteiger charge is 2.36. The number of benzene rings is 1. The minimum atomic E-state index is -0.661. The third-order valence-corrected chi connectivity index (χ3v) is 6.24. The Kier molecular flexibility index (Phi) is 5.11. The number of aliphatic hydroxyl groups is 1. The summed E-state index contributed by atoms with van der Waals surface area (Å²) in [4.78, 5) is 20.8. The number of para-hydroxylation sites is 1. The number of hydrogen-bond donors (Lipinski definition) is 4. The Hall–Kier alpha value is -2.96. The van der Waals surface area contributed by atoms with Gasteiger partial charge in [0.15, 0.2) is 5.78 Å². The van der Waals surface area contributed by atoms with Gasteiger partial charge in [-0.15, -0.1) is 0 Å². The first-order valence-corrected chi connectivity index (χ1v) is 10.6. The van der Waals surface area contributed by atoms with E-state index in [0.717, 1.165) is 41.2 Å². The van der Waals surface area contributed by atoms with Gasteiger partial charge >= 0.3 is 0 Å². The molecule has 0 amide bonds. The predicted octanol–water partition coefficient (Wildman–Crippen LogP) is 4.03. The fraction of sp³-hybridized carbons (Fsp3) is 0.333. The van der Waals surface area contributed by atoms with Gasteiger partial charge in [-0.1, -0.05) is 24.6 Å². The third kappa shape index (κ3) is 3.64. The number of Topliss-reactive ketones (excluding diaryl/α,β-unsaturated/α-hetero) is 1. The molecule has 30 heavy (non-hydrogen) atoms. The molecule has 2 aliphatic rings. The number of hydrogen-bond acceptors (Lipinski definition) is 5. The third-order valence-electron chi connectivity index (χ3n) is 6.24. The Labute approximate surface area is 175 Å². The van der Waals surface area contributed by atoms with Crippen LogP contribution in [0.3, 0.4) is 0 Å². The van der Waals surface area contributed by atoms with Crippen molar-refractivity contribution in [2.24, 2.45) is 5.92 Å². The van der Waals surface area contributed by atoms with Crippen molar-refractivity contribution in [3.05, 3.63) is 66.1 Å². The van der Waals surface area contributed by atoms with Gasteiger partial charge in [-0.3, -0.25) is 15.1 Å². The van der Waals surface area contributed by atoms with Crippen LogP contribution in [0.2, 0.25) is 0 Å². The van der Waals surface area contributed by atoms with Crippen LogP contribution < -0.4 is 10.6 Å². The molecule has 2 unspecified atom stereocenters. The number of nitrogens with one attached hydrogen (secondary N) is 3. The van der Waals surface area contributed by atoms with Crippen molar-refractivity contribution in [2.45, 2.75) is 44.4 Å². The Balaban J connectivity index is 1.50. The number of anilines is 2. The summed E-state index contributed by atoms with van der Waals surface area (Å²) in [5.74, 6) is -0.0650. The zero-order valence-corrected chi connectivity index (χ0v) is 16.8. The van der Waals surface area contributed by atoms with Crippen LogP contribution >= 0.6 is 0 Å². The Bertz CT molecular complexity index is 1030. The smallest absolute Gasteiger partial charge is 0.167 e. The lowest BCUT2D eigenvalue weighted by Gasteiger charge is -2.34. The van der Waals surface area contributed by atoms with Gasteiger partial charge in [0.25, 0.3) is 0 Å². The molecule has 6 nitrogen and oxygen atoms in total. The molecule has 6 heteroatoms. The number of aromatic nitrogens is 2. The van der Waals surface area contributed by atoms with Gasteiger partial charge in [-0.25, -0.2) is 0 Å². The van der Waals surface area contributed by atoms with E-state index in [1.807, 2.05) is 42.5 Å². The molecular formula is C24H26N4O2. The van der Waals surface area contributed by atoms with Crippen molar-refractivity contribution in [1.82, 2.24) is 15.3 Å². The van der Waals surface area contributed by atoms with Crippen molar-refractivity contribution >= 4 is 17.2 Å². The second kappa shape index (κ2) is 8.05. The minimum absolute atomic E-state index is 0.0608. The molecule has 0 radical (unpaired) electrons. The van der Waals surface area contributed by atoms with E-state index >= 15 is 0 Å². The summed E-state index contributed by atoms with van der Waals surface area (Å²) in [6.45, 7) is 0. The summed E-state index contributed by atoms with van der Waals surface area (Å²) in [5.41, 5.74) is 5.16. The summed E-state index contributed by atoms with van der Waals surface area (Å²) in [6.07, 6.45) is 7.22. The molecular weight excluding hydrogens is 376 g/mol. The van der Waals surface area contributed by atoms with Gasteiger partial charge in [0.2, 0.25) is 0 Å². The lowest BCUT2D eigenvalue weighted by molar-refractivity contribution is 0.0413.